The van der Waals surface area contributed by atoms with Gasteiger partial charge in [-0.2, -0.15) is 0 Å². The summed E-state index contributed by atoms with van der Waals surface area (Å²) in [6, 6.07) is 5.96. The molecule has 0 bridgehead atoms. The van der Waals surface area contributed by atoms with Gasteiger partial charge in [0.2, 0.25) is 0 Å². The Morgan fingerprint density at radius 2 is 1.89 bits per heavy atom. The van der Waals surface area contributed by atoms with Crippen molar-refractivity contribution in [3.8, 4) is 0 Å². The minimum atomic E-state index is 0.219. The second-order valence-electron chi connectivity index (χ2n) is 5.39. The van der Waals surface area contributed by atoms with Crippen LogP contribution in [0.15, 0.2) is 18.2 Å². The lowest BCUT2D eigenvalue weighted by molar-refractivity contribution is 0.193. The number of halogens is 2. The van der Waals surface area contributed by atoms with Gasteiger partial charge in [-0.25, -0.2) is 0 Å². The van der Waals surface area contributed by atoms with Gasteiger partial charge in [0, 0.05) is 29.2 Å². The summed E-state index contributed by atoms with van der Waals surface area (Å²) in [6.07, 6.45) is 3.85. The molecule has 1 fully saturated rings. The fraction of sp³-hybridized carbons (Fsp3) is 0.600. The summed E-state index contributed by atoms with van der Waals surface area (Å²) < 4.78 is 0. The van der Waals surface area contributed by atoms with Crippen LogP contribution in [0.1, 0.15) is 37.8 Å². The van der Waals surface area contributed by atoms with Crippen molar-refractivity contribution < 1.29 is 0 Å². The Kier molecular flexibility index (Phi) is 5.52. The highest BCUT2D eigenvalue weighted by molar-refractivity contribution is 6.34. The first-order valence-electron chi connectivity index (χ1n) is 7.04. The van der Waals surface area contributed by atoms with Gasteiger partial charge in [0.15, 0.2) is 0 Å². The zero-order valence-electron chi connectivity index (χ0n) is 11.4. The standard InChI is InChI=1S/C15H22Cl2N2/c1-2-5-19(10-11-3-4-11)15(9-18)12-6-13(16)8-14(17)7-12/h6-8,11,15H,2-5,9-10,18H2,1H3. The van der Waals surface area contributed by atoms with Crippen LogP contribution in [-0.4, -0.2) is 24.5 Å². The van der Waals surface area contributed by atoms with Crippen LogP contribution in [0.4, 0.5) is 0 Å². The predicted octanol–water partition coefficient (Wildman–Crippen LogP) is 4.12. The molecule has 1 aromatic rings. The van der Waals surface area contributed by atoms with E-state index >= 15 is 0 Å². The highest BCUT2D eigenvalue weighted by atomic mass is 35.5. The van der Waals surface area contributed by atoms with Crippen molar-refractivity contribution in [3.05, 3.63) is 33.8 Å². The van der Waals surface area contributed by atoms with Crippen molar-refractivity contribution in [1.29, 1.82) is 0 Å². The zero-order valence-corrected chi connectivity index (χ0v) is 12.9. The van der Waals surface area contributed by atoms with Crippen molar-refractivity contribution in [2.75, 3.05) is 19.6 Å². The van der Waals surface area contributed by atoms with Gasteiger partial charge in [-0.3, -0.25) is 4.90 Å². The van der Waals surface area contributed by atoms with Gasteiger partial charge >= 0.3 is 0 Å². The van der Waals surface area contributed by atoms with Crippen molar-refractivity contribution in [2.24, 2.45) is 11.7 Å². The fourth-order valence-electron chi connectivity index (χ4n) is 2.56. The molecule has 2 N–H and O–H groups in total. The Hall–Kier alpha value is -0.280. The molecule has 19 heavy (non-hydrogen) atoms. The number of nitrogens with two attached hydrogens (primary N) is 1. The lowest BCUT2D eigenvalue weighted by Crippen LogP contribution is -2.36. The smallest absolute Gasteiger partial charge is 0.0471 e. The Morgan fingerprint density at radius 1 is 1.26 bits per heavy atom. The van der Waals surface area contributed by atoms with Crippen LogP contribution in [0.5, 0.6) is 0 Å². The van der Waals surface area contributed by atoms with Crippen LogP contribution in [0.25, 0.3) is 0 Å². The molecule has 0 amide bonds. The first-order chi connectivity index (χ1) is 9.13. The van der Waals surface area contributed by atoms with Gasteiger partial charge in [0.05, 0.1) is 0 Å². The van der Waals surface area contributed by atoms with E-state index in [9.17, 15) is 0 Å². The van der Waals surface area contributed by atoms with Gasteiger partial charge < -0.3 is 5.73 Å². The molecule has 0 heterocycles. The third kappa shape index (κ3) is 4.35. The Bertz CT molecular complexity index is 398. The molecule has 4 heteroatoms. The molecule has 1 atom stereocenters. The highest BCUT2D eigenvalue weighted by Gasteiger charge is 2.28. The monoisotopic (exact) mass is 300 g/mol. The molecule has 0 saturated heterocycles. The molecule has 1 aromatic carbocycles. The molecule has 0 aromatic heterocycles. The molecule has 2 nitrogen and oxygen atoms in total. The zero-order chi connectivity index (χ0) is 13.8. The van der Waals surface area contributed by atoms with E-state index in [1.165, 1.54) is 12.8 Å². The average Bonchev–Trinajstić information content (AvgIpc) is 3.13. The van der Waals surface area contributed by atoms with Crippen LogP contribution >= 0.6 is 23.2 Å². The molecular weight excluding hydrogens is 279 g/mol. The Balaban J connectivity index is 2.18. The van der Waals surface area contributed by atoms with Gasteiger partial charge in [-0.05, 0) is 55.5 Å². The largest absolute Gasteiger partial charge is 0.329 e. The summed E-state index contributed by atoms with van der Waals surface area (Å²) in [7, 11) is 0. The first kappa shape index (κ1) is 15.1. The van der Waals surface area contributed by atoms with Gasteiger partial charge in [0.1, 0.15) is 0 Å². The topological polar surface area (TPSA) is 29.3 Å². The van der Waals surface area contributed by atoms with E-state index in [1.54, 1.807) is 6.07 Å². The van der Waals surface area contributed by atoms with E-state index in [2.05, 4.69) is 11.8 Å². The molecule has 1 saturated carbocycles. The van der Waals surface area contributed by atoms with Crippen LogP contribution in [0.3, 0.4) is 0 Å². The second-order valence-corrected chi connectivity index (χ2v) is 6.27. The van der Waals surface area contributed by atoms with E-state index in [0.717, 1.165) is 31.0 Å². The lowest BCUT2D eigenvalue weighted by Gasteiger charge is -2.31. The van der Waals surface area contributed by atoms with Crippen LogP contribution in [0.2, 0.25) is 10.0 Å². The molecular formula is C15H22Cl2N2. The predicted molar refractivity (Wildman–Crippen MR) is 82.8 cm³/mol. The van der Waals surface area contributed by atoms with E-state index in [-0.39, 0.29) is 6.04 Å². The minimum Gasteiger partial charge on any atom is -0.329 e. The normalized spacial score (nSPS) is 16.9. The Labute approximate surface area is 125 Å². The maximum Gasteiger partial charge on any atom is 0.0471 e. The molecule has 1 unspecified atom stereocenters. The fourth-order valence-corrected chi connectivity index (χ4v) is 3.10. The molecule has 2 rings (SSSR count). The second kappa shape index (κ2) is 6.94. The number of rotatable bonds is 7. The van der Waals surface area contributed by atoms with E-state index in [1.807, 2.05) is 12.1 Å². The number of nitrogens with zero attached hydrogens (tertiary/aromatic N) is 1. The molecule has 106 valence electrons. The first-order valence-corrected chi connectivity index (χ1v) is 7.79. The molecule has 0 spiro atoms. The van der Waals surface area contributed by atoms with Crippen LogP contribution in [-0.2, 0) is 0 Å². The van der Waals surface area contributed by atoms with E-state index < -0.39 is 0 Å². The number of hydrogen-bond donors (Lipinski definition) is 1. The van der Waals surface area contributed by atoms with Crippen molar-refractivity contribution in [2.45, 2.75) is 32.2 Å². The Morgan fingerprint density at radius 3 is 2.37 bits per heavy atom. The van der Waals surface area contributed by atoms with Crippen molar-refractivity contribution in [1.82, 2.24) is 4.90 Å². The summed E-state index contributed by atoms with van der Waals surface area (Å²) in [5, 5.41) is 1.37. The summed E-state index contributed by atoms with van der Waals surface area (Å²) in [4.78, 5) is 2.49. The summed E-state index contributed by atoms with van der Waals surface area (Å²) in [6.45, 7) is 5.02. The average molecular weight is 301 g/mol. The molecule has 1 aliphatic carbocycles. The molecule has 1 aliphatic rings. The third-order valence-corrected chi connectivity index (χ3v) is 4.07. The molecule has 0 aliphatic heterocycles. The maximum atomic E-state index is 6.11. The highest BCUT2D eigenvalue weighted by Crippen LogP contribution is 2.33. The van der Waals surface area contributed by atoms with Crippen molar-refractivity contribution >= 4 is 23.2 Å². The van der Waals surface area contributed by atoms with E-state index in [4.69, 9.17) is 28.9 Å². The summed E-state index contributed by atoms with van der Waals surface area (Å²) >= 11 is 12.2. The minimum absolute atomic E-state index is 0.219. The number of hydrogen-bond acceptors (Lipinski definition) is 2. The maximum absolute atomic E-state index is 6.11. The van der Waals surface area contributed by atoms with Gasteiger partial charge in [-0.15, -0.1) is 0 Å². The lowest BCUT2D eigenvalue weighted by atomic mass is 10.0. The third-order valence-electron chi connectivity index (χ3n) is 3.63. The number of benzene rings is 1. The van der Waals surface area contributed by atoms with Crippen LogP contribution < -0.4 is 5.73 Å². The quantitative estimate of drug-likeness (QED) is 0.821. The van der Waals surface area contributed by atoms with Crippen LogP contribution in [0, 0.1) is 5.92 Å². The van der Waals surface area contributed by atoms with Gasteiger partial charge in [-0.1, -0.05) is 30.1 Å². The molecule has 0 radical (unpaired) electrons. The van der Waals surface area contributed by atoms with Gasteiger partial charge in [0.25, 0.3) is 0 Å². The summed E-state index contributed by atoms with van der Waals surface area (Å²) in [5.74, 6) is 0.857. The summed E-state index contributed by atoms with van der Waals surface area (Å²) in [5.41, 5.74) is 7.14. The SMILES string of the molecule is CCCN(CC1CC1)C(CN)c1cc(Cl)cc(Cl)c1. The van der Waals surface area contributed by atoms with Crippen molar-refractivity contribution in [3.63, 3.8) is 0 Å². The van der Waals surface area contributed by atoms with E-state index in [0.29, 0.717) is 16.6 Å².